The van der Waals surface area contributed by atoms with E-state index in [1.165, 1.54) is 11.3 Å². The van der Waals surface area contributed by atoms with Crippen molar-refractivity contribution in [3.05, 3.63) is 29.8 Å². The second-order valence-corrected chi connectivity index (χ2v) is 5.47. The lowest BCUT2D eigenvalue weighted by molar-refractivity contribution is 0.288. The number of aliphatic hydroxyl groups excluding tert-OH is 1. The number of nitrogens with one attached hydrogen (secondary N) is 1. The van der Waals surface area contributed by atoms with Gasteiger partial charge in [0.05, 0.1) is 0 Å². The molecule has 3 nitrogen and oxygen atoms in total. The fraction of sp³-hybridized carbons (Fsp3) is 0.647. The average molecular weight is 278 g/mol. The van der Waals surface area contributed by atoms with Gasteiger partial charge in [-0.05, 0) is 50.9 Å². The summed E-state index contributed by atoms with van der Waals surface area (Å²) >= 11 is 0. The summed E-state index contributed by atoms with van der Waals surface area (Å²) in [5.41, 5.74) is 2.59. The first-order valence-electron chi connectivity index (χ1n) is 7.84. The average Bonchev–Trinajstić information content (AvgIpc) is 2.45. The summed E-state index contributed by atoms with van der Waals surface area (Å²) in [6, 6.07) is 9.74. The summed E-state index contributed by atoms with van der Waals surface area (Å²) in [6.45, 7) is 10.9. The summed E-state index contributed by atoms with van der Waals surface area (Å²) < 4.78 is 0. The highest BCUT2D eigenvalue weighted by Gasteiger charge is 2.12. The van der Waals surface area contributed by atoms with E-state index in [-0.39, 0.29) is 6.61 Å². The summed E-state index contributed by atoms with van der Waals surface area (Å²) in [7, 11) is 0. The lowest BCUT2D eigenvalue weighted by atomic mass is 10.0. The second-order valence-electron chi connectivity index (χ2n) is 5.47. The lowest BCUT2D eigenvalue weighted by Crippen LogP contribution is -2.32. The van der Waals surface area contributed by atoms with Crippen LogP contribution >= 0.6 is 0 Å². The van der Waals surface area contributed by atoms with Crippen LogP contribution in [0.15, 0.2) is 24.3 Å². The van der Waals surface area contributed by atoms with Gasteiger partial charge < -0.3 is 15.3 Å². The molecule has 114 valence electrons. The Morgan fingerprint density at radius 3 is 2.25 bits per heavy atom. The summed E-state index contributed by atoms with van der Waals surface area (Å²) in [4.78, 5) is 2.34. The molecule has 3 heteroatoms. The molecule has 0 fully saturated rings. The van der Waals surface area contributed by atoms with Gasteiger partial charge in [-0.3, -0.25) is 0 Å². The van der Waals surface area contributed by atoms with Gasteiger partial charge in [0.25, 0.3) is 0 Å². The van der Waals surface area contributed by atoms with Crippen LogP contribution in [0.5, 0.6) is 0 Å². The van der Waals surface area contributed by atoms with Crippen molar-refractivity contribution in [1.29, 1.82) is 0 Å². The fourth-order valence-corrected chi connectivity index (χ4v) is 2.57. The molecule has 0 amide bonds. The maximum Gasteiger partial charge on any atom is 0.0447 e. The molecule has 0 radical (unpaired) electrons. The zero-order valence-electron chi connectivity index (χ0n) is 13.4. The van der Waals surface area contributed by atoms with Gasteiger partial charge in [0, 0.05) is 30.9 Å². The predicted molar refractivity (Wildman–Crippen MR) is 87.3 cm³/mol. The predicted octanol–water partition coefficient (Wildman–Crippen LogP) is 3.34. The standard InChI is InChI=1S/C17H30N2O/c1-5-17(18-6-2)15-8-10-16(11-9-15)19(14(3)4)12-7-13-20/h8-11,14,17-18,20H,5-7,12-13H2,1-4H3. The van der Waals surface area contributed by atoms with E-state index in [2.05, 4.69) is 62.2 Å². The van der Waals surface area contributed by atoms with E-state index in [1.807, 2.05) is 0 Å². The van der Waals surface area contributed by atoms with Crippen LogP contribution in [-0.2, 0) is 0 Å². The minimum absolute atomic E-state index is 0.250. The Morgan fingerprint density at radius 1 is 1.15 bits per heavy atom. The van der Waals surface area contributed by atoms with Gasteiger partial charge in [0.15, 0.2) is 0 Å². The van der Waals surface area contributed by atoms with Crippen molar-refractivity contribution in [3.63, 3.8) is 0 Å². The lowest BCUT2D eigenvalue weighted by Gasteiger charge is -2.29. The second kappa shape index (κ2) is 8.98. The van der Waals surface area contributed by atoms with Crippen LogP contribution in [0.2, 0.25) is 0 Å². The third-order valence-electron chi connectivity index (χ3n) is 3.67. The Labute approximate surface area is 124 Å². The molecule has 0 heterocycles. The zero-order chi connectivity index (χ0) is 15.0. The number of hydrogen-bond donors (Lipinski definition) is 2. The van der Waals surface area contributed by atoms with Gasteiger partial charge in [-0.15, -0.1) is 0 Å². The molecular weight excluding hydrogens is 248 g/mol. The van der Waals surface area contributed by atoms with Crippen molar-refractivity contribution >= 4 is 5.69 Å². The minimum atomic E-state index is 0.250. The van der Waals surface area contributed by atoms with Crippen molar-refractivity contribution in [2.24, 2.45) is 0 Å². The maximum atomic E-state index is 9.02. The minimum Gasteiger partial charge on any atom is -0.396 e. The van der Waals surface area contributed by atoms with Gasteiger partial charge >= 0.3 is 0 Å². The molecule has 0 bridgehead atoms. The van der Waals surface area contributed by atoms with Crippen molar-refractivity contribution < 1.29 is 5.11 Å². The first-order chi connectivity index (χ1) is 9.63. The van der Waals surface area contributed by atoms with Crippen LogP contribution in [-0.4, -0.2) is 30.8 Å². The smallest absolute Gasteiger partial charge is 0.0447 e. The normalized spacial score (nSPS) is 12.7. The van der Waals surface area contributed by atoms with Crippen molar-refractivity contribution in [1.82, 2.24) is 5.32 Å². The largest absolute Gasteiger partial charge is 0.396 e. The van der Waals surface area contributed by atoms with Gasteiger partial charge in [-0.25, -0.2) is 0 Å². The molecule has 0 saturated heterocycles. The van der Waals surface area contributed by atoms with Crippen LogP contribution < -0.4 is 10.2 Å². The molecule has 0 saturated carbocycles. The highest BCUT2D eigenvalue weighted by atomic mass is 16.3. The monoisotopic (exact) mass is 278 g/mol. The zero-order valence-corrected chi connectivity index (χ0v) is 13.4. The molecule has 0 aliphatic rings. The summed E-state index contributed by atoms with van der Waals surface area (Å²) in [5.74, 6) is 0. The number of anilines is 1. The first kappa shape index (κ1) is 17.0. The van der Waals surface area contributed by atoms with Gasteiger partial charge in [0.1, 0.15) is 0 Å². The van der Waals surface area contributed by atoms with E-state index >= 15 is 0 Å². The van der Waals surface area contributed by atoms with E-state index in [1.54, 1.807) is 0 Å². The molecule has 1 atom stereocenters. The van der Waals surface area contributed by atoms with Gasteiger partial charge in [-0.1, -0.05) is 26.0 Å². The first-order valence-corrected chi connectivity index (χ1v) is 7.84. The SMILES string of the molecule is CCNC(CC)c1ccc(N(CCCO)C(C)C)cc1. The third-order valence-corrected chi connectivity index (χ3v) is 3.67. The molecule has 0 aliphatic heterocycles. The number of rotatable bonds is 9. The summed E-state index contributed by atoms with van der Waals surface area (Å²) in [6.07, 6.45) is 1.92. The van der Waals surface area contributed by atoms with E-state index in [9.17, 15) is 0 Å². The van der Waals surface area contributed by atoms with E-state index in [0.29, 0.717) is 12.1 Å². The Morgan fingerprint density at radius 2 is 1.80 bits per heavy atom. The van der Waals surface area contributed by atoms with Crippen LogP contribution in [0.3, 0.4) is 0 Å². The fourth-order valence-electron chi connectivity index (χ4n) is 2.57. The van der Waals surface area contributed by atoms with E-state index < -0.39 is 0 Å². The molecule has 20 heavy (non-hydrogen) atoms. The van der Waals surface area contributed by atoms with Crippen LogP contribution in [0.4, 0.5) is 5.69 Å². The van der Waals surface area contributed by atoms with E-state index in [0.717, 1.165) is 25.9 Å². The van der Waals surface area contributed by atoms with Crippen LogP contribution in [0, 0.1) is 0 Å². The molecule has 1 aromatic rings. The molecular formula is C17H30N2O. The third kappa shape index (κ3) is 4.80. The molecule has 0 aromatic heterocycles. The molecule has 1 rings (SSSR count). The molecule has 1 unspecified atom stereocenters. The Balaban J connectivity index is 2.81. The summed E-state index contributed by atoms with van der Waals surface area (Å²) in [5, 5.41) is 12.5. The van der Waals surface area contributed by atoms with Crippen molar-refractivity contribution in [2.75, 3.05) is 24.6 Å². The van der Waals surface area contributed by atoms with Crippen LogP contribution in [0.1, 0.15) is 52.1 Å². The number of nitrogens with zero attached hydrogens (tertiary/aromatic N) is 1. The quantitative estimate of drug-likeness (QED) is 0.727. The highest BCUT2D eigenvalue weighted by molar-refractivity contribution is 5.48. The highest BCUT2D eigenvalue weighted by Crippen LogP contribution is 2.22. The Kier molecular flexibility index (Phi) is 7.63. The Hall–Kier alpha value is -1.06. The number of hydrogen-bond acceptors (Lipinski definition) is 3. The molecule has 2 N–H and O–H groups in total. The van der Waals surface area contributed by atoms with Gasteiger partial charge in [0.2, 0.25) is 0 Å². The number of benzene rings is 1. The maximum absolute atomic E-state index is 9.02. The Bertz CT molecular complexity index is 362. The molecule has 0 aliphatic carbocycles. The molecule has 0 spiro atoms. The van der Waals surface area contributed by atoms with Crippen molar-refractivity contribution in [3.8, 4) is 0 Å². The topological polar surface area (TPSA) is 35.5 Å². The van der Waals surface area contributed by atoms with Crippen LogP contribution in [0.25, 0.3) is 0 Å². The number of aliphatic hydroxyl groups is 1. The van der Waals surface area contributed by atoms with Crippen molar-refractivity contribution in [2.45, 2.75) is 52.6 Å². The molecule has 1 aromatic carbocycles. The van der Waals surface area contributed by atoms with E-state index in [4.69, 9.17) is 5.11 Å². The van der Waals surface area contributed by atoms with Gasteiger partial charge in [-0.2, -0.15) is 0 Å².